The molecule has 0 fully saturated rings. The minimum atomic E-state index is -1.03. The Bertz CT molecular complexity index is 3900. The zero-order chi connectivity index (χ0) is 50.1. The van der Waals surface area contributed by atoms with Crippen LogP contribution < -0.4 is 0 Å². The number of fused-ring (bicyclic) bond motifs is 6. The zero-order valence-electron chi connectivity index (χ0n) is 46.5. The highest BCUT2D eigenvalue weighted by Gasteiger charge is 2.21. The highest BCUT2D eigenvalue weighted by Crippen LogP contribution is 2.48. The van der Waals surface area contributed by atoms with Crippen molar-refractivity contribution < 1.29 is 38.7 Å². The first kappa shape index (κ1) is 9.97. The summed E-state index contributed by atoms with van der Waals surface area (Å²) in [4.78, 5) is 0. The third-order valence-electron chi connectivity index (χ3n) is 7.11. The molecule has 0 spiro atoms. The van der Waals surface area contributed by atoms with Crippen molar-refractivity contribution in [3.8, 4) is 33.4 Å². The van der Waals surface area contributed by atoms with Gasteiger partial charge in [0.05, 0.1) is 34.3 Å². The van der Waals surface area contributed by atoms with E-state index in [1.165, 1.54) is 0 Å². The van der Waals surface area contributed by atoms with E-state index in [9.17, 15) is 11.0 Å². The van der Waals surface area contributed by atoms with Crippen LogP contribution in [0.3, 0.4) is 0 Å². The predicted octanol–water partition coefficient (Wildman–Crippen LogP) is 12.0. The average molecular weight is 572 g/mol. The van der Waals surface area contributed by atoms with Gasteiger partial charge in [0, 0.05) is 21.9 Å². The standard InChI is InChI=1S/C42H26O/c1-2-15-28-27(13-1)14-11-23-29(28)30-16-3-4-18-32(30)40-33-19-5-7-21-35(33)41(36-22-8-6-20-34(36)40)38-25-12-24-37-31-17-9-10-26-39(31)43-42(37)38/h1-26H/i1D,2D,3D,4D,5D,6D,7D,9D,10D,11D,12D,13D,14D,15D,16D,17D,18D,19D,20D,21D,22D,23D,24D,25D,26D. The molecule has 1 aromatic heterocycles. The van der Waals surface area contributed by atoms with Crippen LogP contribution in [0.1, 0.15) is 34.3 Å². The van der Waals surface area contributed by atoms with Crippen LogP contribution in [0, 0.1) is 0 Å². The SMILES string of the molecule is [2H]c1cc([2H])c2c(-c3c([2H])c([2H])c([2H])c4c3oc3c([2H])c([2H])c([2H])c([2H])c34)c3c([2H])c([2H])c([2H])c([2H])c3c(-c3c([2H])c([2H])c([2H])c([2H])c3-c3c([2H])c([2H])c([2H])c4c([2H])c([2H])c([2H])c([2H])c34)c2c1[2H]. The molecule has 0 radical (unpaired) electrons. The molecule has 0 saturated carbocycles. The molecule has 0 unspecified atom stereocenters. The number of hydrogen-bond donors (Lipinski definition) is 0. The fourth-order valence-electron chi connectivity index (χ4n) is 5.37. The van der Waals surface area contributed by atoms with Gasteiger partial charge in [-0.25, -0.2) is 0 Å². The van der Waals surface area contributed by atoms with E-state index in [2.05, 4.69) is 0 Å². The molecule has 43 heavy (non-hydrogen) atoms. The Morgan fingerprint density at radius 3 is 1.70 bits per heavy atom. The van der Waals surface area contributed by atoms with E-state index in [-0.39, 0.29) is 0 Å². The van der Waals surface area contributed by atoms with Gasteiger partial charge < -0.3 is 4.42 Å². The lowest BCUT2D eigenvalue weighted by Crippen LogP contribution is -1.93. The van der Waals surface area contributed by atoms with Crippen molar-refractivity contribution in [2.24, 2.45) is 0 Å². The van der Waals surface area contributed by atoms with Gasteiger partial charge >= 0.3 is 0 Å². The van der Waals surface area contributed by atoms with Gasteiger partial charge in [0.2, 0.25) is 0 Å². The van der Waals surface area contributed by atoms with Crippen molar-refractivity contribution in [2.75, 3.05) is 0 Å². The maximum atomic E-state index is 9.51. The van der Waals surface area contributed by atoms with E-state index in [0.717, 1.165) is 6.07 Å². The molecular formula is C42H26O. The Morgan fingerprint density at radius 1 is 0.349 bits per heavy atom. The molecule has 1 heteroatoms. The molecule has 0 aliphatic carbocycles. The maximum absolute atomic E-state index is 9.51. The van der Waals surface area contributed by atoms with E-state index in [1.54, 1.807) is 0 Å². The number of furan rings is 1. The topological polar surface area (TPSA) is 13.1 Å². The van der Waals surface area contributed by atoms with Gasteiger partial charge in [-0.3, -0.25) is 0 Å². The van der Waals surface area contributed by atoms with Crippen LogP contribution >= 0.6 is 0 Å². The molecule has 0 aliphatic heterocycles. The summed E-state index contributed by atoms with van der Waals surface area (Å²) in [7, 11) is 0. The molecule has 8 aromatic carbocycles. The molecule has 200 valence electrons. The maximum Gasteiger partial charge on any atom is 0.143 e. The minimum Gasteiger partial charge on any atom is -0.455 e. The quantitative estimate of drug-likeness (QED) is 0.192. The first-order valence-electron chi connectivity index (χ1n) is 25.2. The van der Waals surface area contributed by atoms with Gasteiger partial charge in [-0.1, -0.05) is 151 Å². The summed E-state index contributed by atoms with van der Waals surface area (Å²) >= 11 is 0. The third kappa shape index (κ3) is 3.58. The van der Waals surface area contributed by atoms with E-state index < -0.39 is 239 Å². The summed E-state index contributed by atoms with van der Waals surface area (Å²) in [6.07, 6.45) is 0. The van der Waals surface area contributed by atoms with Gasteiger partial charge in [-0.15, -0.1) is 0 Å². The Hall–Kier alpha value is -5.66. The fourth-order valence-corrected chi connectivity index (χ4v) is 5.37. The van der Waals surface area contributed by atoms with Crippen LogP contribution in [0.15, 0.2) is 162 Å². The highest BCUT2D eigenvalue weighted by molar-refractivity contribution is 6.25. The van der Waals surface area contributed by atoms with Gasteiger partial charge in [-0.05, 0) is 60.6 Å². The smallest absolute Gasteiger partial charge is 0.143 e. The van der Waals surface area contributed by atoms with Crippen molar-refractivity contribution in [3.05, 3.63) is 157 Å². The normalized spacial score (nSPS) is 19.9. The molecule has 1 heterocycles. The summed E-state index contributed by atoms with van der Waals surface area (Å²) in [6.45, 7) is 0. The summed E-state index contributed by atoms with van der Waals surface area (Å²) in [5.74, 6) is 0. The molecule has 0 bridgehead atoms. The second-order valence-electron chi connectivity index (χ2n) is 9.32. The Labute approximate surface area is 284 Å². The Kier molecular flexibility index (Phi) is 2.19. The second kappa shape index (κ2) is 9.44. The van der Waals surface area contributed by atoms with Crippen molar-refractivity contribution in [2.45, 2.75) is 0 Å². The number of benzene rings is 8. The van der Waals surface area contributed by atoms with Crippen LogP contribution in [-0.4, -0.2) is 0 Å². The Morgan fingerprint density at radius 2 is 0.860 bits per heavy atom. The fraction of sp³-hybridized carbons (Fsp3) is 0. The lowest BCUT2D eigenvalue weighted by atomic mass is 9.83. The van der Waals surface area contributed by atoms with E-state index >= 15 is 0 Å². The summed E-state index contributed by atoms with van der Waals surface area (Å²) in [5, 5.41) is -4.69. The second-order valence-corrected chi connectivity index (χ2v) is 9.32. The molecule has 1 nitrogen and oxygen atoms in total. The summed E-state index contributed by atoms with van der Waals surface area (Å²) in [6, 6.07) is -21.0. The van der Waals surface area contributed by atoms with Gasteiger partial charge in [0.25, 0.3) is 0 Å². The number of para-hydroxylation sites is 2. The van der Waals surface area contributed by atoms with E-state index in [4.69, 9.17) is 27.7 Å². The van der Waals surface area contributed by atoms with Crippen LogP contribution in [0.2, 0.25) is 0 Å². The van der Waals surface area contributed by atoms with Crippen LogP contribution in [0.5, 0.6) is 0 Å². The first-order valence-corrected chi connectivity index (χ1v) is 12.7. The molecule has 0 aliphatic rings. The van der Waals surface area contributed by atoms with Crippen molar-refractivity contribution in [1.82, 2.24) is 0 Å². The summed E-state index contributed by atoms with van der Waals surface area (Å²) < 4.78 is 230. The lowest BCUT2D eigenvalue weighted by Gasteiger charge is -2.20. The molecule has 0 saturated heterocycles. The zero-order valence-corrected chi connectivity index (χ0v) is 21.5. The van der Waals surface area contributed by atoms with Crippen LogP contribution in [-0.2, 0) is 0 Å². The first-order chi connectivity index (χ1) is 31.7. The Balaban J connectivity index is 1.67. The molecule has 0 amide bonds. The molecule has 9 aromatic rings. The molecule has 0 N–H and O–H groups in total. The highest BCUT2D eigenvalue weighted by atomic mass is 16.3. The lowest BCUT2D eigenvalue weighted by molar-refractivity contribution is 0.670. The van der Waals surface area contributed by atoms with Crippen LogP contribution in [0.25, 0.3) is 87.6 Å². The summed E-state index contributed by atoms with van der Waals surface area (Å²) in [5.41, 5.74) is -5.35. The third-order valence-corrected chi connectivity index (χ3v) is 7.11. The minimum absolute atomic E-state index is 0.396. The average Bonchev–Trinajstić information content (AvgIpc) is 3.71. The van der Waals surface area contributed by atoms with Crippen molar-refractivity contribution >= 4 is 54.3 Å². The van der Waals surface area contributed by atoms with Crippen molar-refractivity contribution in [1.29, 1.82) is 0 Å². The van der Waals surface area contributed by atoms with Gasteiger partial charge in [-0.2, -0.15) is 0 Å². The van der Waals surface area contributed by atoms with Gasteiger partial charge in [0.1, 0.15) is 11.2 Å². The number of rotatable bonds is 3. The van der Waals surface area contributed by atoms with E-state index in [1.807, 2.05) is 0 Å². The molecular weight excluding hydrogens is 520 g/mol. The number of hydrogen-bond acceptors (Lipinski definition) is 1. The molecule has 9 rings (SSSR count). The monoisotopic (exact) mass is 571 g/mol. The predicted molar refractivity (Wildman–Crippen MR) is 183 cm³/mol. The van der Waals surface area contributed by atoms with E-state index in [0.29, 0.717) is 0 Å². The largest absolute Gasteiger partial charge is 0.455 e. The van der Waals surface area contributed by atoms with Crippen molar-refractivity contribution in [3.63, 3.8) is 0 Å². The van der Waals surface area contributed by atoms with Crippen LogP contribution in [0.4, 0.5) is 0 Å². The molecule has 0 atom stereocenters. The van der Waals surface area contributed by atoms with Gasteiger partial charge in [0.15, 0.2) is 0 Å².